The number of benzene rings is 1. The predicted molar refractivity (Wildman–Crippen MR) is 70.5 cm³/mol. The quantitative estimate of drug-likeness (QED) is 0.880. The van der Waals surface area contributed by atoms with E-state index in [1.165, 1.54) is 6.07 Å². The summed E-state index contributed by atoms with van der Waals surface area (Å²) in [6, 6.07) is 6.40. The van der Waals surface area contributed by atoms with Gasteiger partial charge in [0.2, 0.25) is 0 Å². The van der Waals surface area contributed by atoms with Crippen molar-refractivity contribution < 1.29 is 8.60 Å². The van der Waals surface area contributed by atoms with Gasteiger partial charge in [-0.15, -0.1) is 0 Å². The van der Waals surface area contributed by atoms with E-state index in [0.29, 0.717) is 12.0 Å². The van der Waals surface area contributed by atoms with Gasteiger partial charge in [-0.3, -0.25) is 0 Å². The Morgan fingerprint density at radius 3 is 2.41 bits per heavy atom. The predicted octanol–water partition coefficient (Wildman–Crippen LogP) is 3.33. The van der Waals surface area contributed by atoms with Crippen molar-refractivity contribution in [1.29, 1.82) is 0 Å². The Kier molecular flexibility index (Phi) is 4.83. The Labute approximate surface area is 105 Å². The second-order valence-corrected chi connectivity index (χ2v) is 6.98. The molecule has 96 valence electrons. The first-order valence-electron chi connectivity index (χ1n) is 5.78. The van der Waals surface area contributed by atoms with Crippen LogP contribution in [0.25, 0.3) is 0 Å². The highest BCUT2D eigenvalue weighted by Gasteiger charge is 2.23. The summed E-state index contributed by atoms with van der Waals surface area (Å²) in [4.78, 5) is 0. The first-order chi connectivity index (χ1) is 7.86. The SMILES string of the molecule is CC[C@H](N[S@](=O)C(C)(C)C)c1ccccc1F. The van der Waals surface area contributed by atoms with E-state index in [-0.39, 0.29) is 16.6 Å². The summed E-state index contributed by atoms with van der Waals surface area (Å²) < 4.78 is 28.3. The van der Waals surface area contributed by atoms with Crippen LogP contribution in [0, 0.1) is 5.82 Å². The molecule has 0 unspecified atom stereocenters. The molecule has 0 aromatic heterocycles. The summed E-state index contributed by atoms with van der Waals surface area (Å²) in [5.41, 5.74) is 0.576. The average molecular weight is 257 g/mol. The normalized spacial score (nSPS) is 15.6. The van der Waals surface area contributed by atoms with Crippen LogP contribution in [0.3, 0.4) is 0 Å². The third-order valence-electron chi connectivity index (χ3n) is 2.49. The van der Waals surface area contributed by atoms with Crippen LogP contribution in [0.5, 0.6) is 0 Å². The molecule has 2 nitrogen and oxygen atoms in total. The van der Waals surface area contributed by atoms with E-state index >= 15 is 0 Å². The second kappa shape index (κ2) is 5.74. The first kappa shape index (κ1) is 14.3. The Hall–Kier alpha value is -0.740. The number of hydrogen-bond donors (Lipinski definition) is 1. The lowest BCUT2D eigenvalue weighted by Gasteiger charge is -2.24. The molecule has 2 atom stereocenters. The fourth-order valence-electron chi connectivity index (χ4n) is 1.43. The zero-order chi connectivity index (χ0) is 13.1. The van der Waals surface area contributed by atoms with E-state index in [0.717, 1.165) is 0 Å². The fraction of sp³-hybridized carbons (Fsp3) is 0.538. The van der Waals surface area contributed by atoms with Gasteiger partial charge in [0.15, 0.2) is 0 Å². The second-order valence-electron chi connectivity index (χ2n) is 4.98. The van der Waals surface area contributed by atoms with E-state index in [9.17, 15) is 8.60 Å². The number of halogens is 1. The third kappa shape index (κ3) is 3.89. The summed E-state index contributed by atoms with van der Waals surface area (Å²) in [6.45, 7) is 7.63. The van der Waals surface area contributed by atoms with Crippen molar-refractivity contribution >= 4 is 11.0 Å². The largest absolute Gasteiger partial charge is 0.242 e. The summed E-state index contributed by atoms with van der Waals surface area (Å²) >= 11 is 0. The van der Waals surface area contributed by atoms with E-state index < -0.39 is 11.0 Å². The molecule has 4 heteroatoms. The lowest BCUT2D eigenvalue weighted by Crippen LogP contribution is -2.35. The summed E-state index contributed by atoms with van der Waals surface area (Å²) in [5.74, 6) is -0.252. The topological polar surface area (TPSA) is 29.1 Å². The first-order valence-corrected chi connectivity index (χ1v) is 6.93. The van der Waals surface area contributed by atoms with E-state index in [4.69, 9.17) is 0 Å². The zero-order valence-electron chi connectivity index (χ0n) is 10.8. The minimum absolute atomic E-state index is 0.212. The van der Waals surface area contributed by atoms with E-state index in [1.807, 2.05) is 27.7 Å². The standard InChI is InChI=1S/C13H20FNOS/c1-5-12(15-17(16)13(2,3)4)10-8-6-7-9-11(10)14/h6-9,12,15H,5H2,1-4H3/t12-,17+/m0/s1. The molecule has 1 N–H and O–H groups in total. The van der Waals surface area contributed by atoms with Crippen LogP contribution in [0.1, 0.15) is 45.7 Å². The molecule has 0 saturated carbocycles. The molecule has 0 fully saturated rings. The highest BCUT2D eigenvalue weighted by atomic mass is 32.2. The molecular weight excluding hydrogens is 237 g/mol. The van der Waals surface area contributed by atoms with Gasteiger partial charge in [0.1, 0.15) is 5.82 Å². The molecule has 0 bridgehead atoms. The van der Waals surface area contributed by atoms with Crippen LogP contribution in [-0.4, -0.2) is 8.96 Å². The minimum atomic E-state index is -1.19. The average Bonchev–Trinajstić information content (AvgIpc) is 2.25. The Morgan fingerprint density at radius 2 is 1.94 bits per heavy atom. The molecule has 1 rings (SSSR count). The Morgan fingerprint density at radius 1 is 1.35 bits per heavy atom. The third-order valence-corrected chi connectivity index (χ3v) is 4.11. The fourth-order valence-corrected chi connectivity index (χ4v) is 2.34. The minimum Gasteiger partial charge on any atom is -0.242 e. The van der Waals surface area contributed by atoms with E-state index in [2.05, 4.69) is 4.72 Å². The van der Waals surface area contributed by atoms with Crippen molar-refractivity contribution in [3.63, 3.8) is 0 Å². The van der Waals surface area contributed by atoms with Gasteiger partial charge in [-0.1, -0.05) is 25.1 Å². The zero-order valence-corrected chi connectivity index (χ0v) is 11.6. The molecule has 0 spiro atoms. The highest BCUT2D eigenvalue weighted by Crippen LogP contribution is 2.22. The van der Waals surface area contributed by atoms with Crippen LogP contribution in [0.15, 0.2) is 24.3 Å². The lowest BCUT2D eigenvalue weighted by molar-refractivity contribution is 0.545. The molecule has 1 aromatic carbocycles. The Balaban J connectivity index is 2.87. The van der Waals surface area contributed by atoms with Crippen molar-refractivity contribution in [3.05, 3.63) is 35.6 Å². The van der Waals surface area contributed by atoms with Gasteiger partial charge >= 0.3 is 0 Å². The number of hydrogen-bond acceptors (Lipinski definition) is 1. The van der Waals surface area contributed by atoms with Gasteiger partial charge in [-0.25, -0.2) is 13.3 Å². The summed E-state index contributed by atoms with van der Waals surface area (Å²) in [6.07, 6.45) is 0.697. The smallest absolute Gasteiger partial charge is 0.128 e. The monoisotopic (exact) mass is 257 g/mol. The summed E-state index contributed by atoms with van der Waals surface area (Å²) in [7, 11) is -1.19. The molecule has 0 aliphatic carbocycles. The van der Waals surface area contributed by atoms with Crippen LogP contribution in [0.4, 0.5) is 4.39 Å². The molecule has 0 heterocycles. The number of rotatable bonds is 4. The van der Waals surface area contributed by atoms with Crippen LogP contribution in [0.2, 0.25) is 0 Å². The van der Waals surface area contributed by atoms with Gasteiger partial charge in [-0.2, -0.15) is 0 Å². The molecule has 17 heavy (non-hydrogen) atoms. The Bertz CT molecular complexity index is 401. The van der Waals surface area contributed by atoms with Crippen molar-refractivity contribution in [2.24, 2.45) is 0 Å². The van der Waals surface area contributed by atoms with Gasteiger partial charge in [-0.05, 0) is 33.3 Å². The maximum absolute atomic E-state index is 13.6. The maximum Gasteiger partial charge on any atom is 0.128 e. The summed E-state index contributed by atoms with van der Waals surface area (Å²) in [5, 5.41) is 0. The molecule has 1 aromatic rings. The van der Waals surface area contributed by atoms with Gasteiger partial charge in [0.05, 0.1) is 15.7 Å². The van der Waals surface area contributed by atoms with Gasteiger partial charge < -0.3 is 0 Å². The van der Waals surface area contributed by atoms with Crippen molar-refractivity contribution in [2.45, 2.75) is 44.9 Å². The molecule has 0 amide bonds. The maximum atomic E-state index is 13.6. The van der Waals surface area contributed by atoms with Crippen molar-refractivity contribution in [3.8, 4) is 0 Å². The van der Waals surface area contributed by atoms with Crippen molar-refractivity contribution in [2.75, 3.05) is 0 Å². The molecule has 0 saturated heterocycles. The van der Waals surface area contributed by atoms with E-state index in [1.54, 1.807) is 18.2 Å². The number of nitrogens with one attached hydrogen (secondary N) is 1. The lowest BCUT2D eigenvalue weighted by atomic mass is 10.1. The molecule has 0 radical (unpaired) electrons. The van der Waals surface area contributed by atoms with Crippen LogP contribution < -0.4 is 4.72 Å². The highest BCUT2D eigenvalue weighted by molar-refractivity contribution is 7.84. The van der Waals surface area contributed by atoms with Crippen LogP contribution >= 0.6 is 0 Å². The molecule has 0 aliphatic heterocycles. The molecule has 0 aliphatic rings. The van der Waals surface area contributed by atoms with Crippen LogP contribution in [-0.2, 0) is 11.0 Å². The van der Waals surface area contributed by atoms with Crippen molar-refractivity contribution in [1.82, 2.24) is 4.72 Å². The molecular formula is C13H20FNOS. The van der Waals surface area contributed by atoms with Gasteiger partial charge in [0, 0.05) is 11.6 Å². The van der Waals surface area contributed by atoms with Gasteiger partial charge in [0.25, 0.3) is 0 Å².